The van der Waals surface area contributed by atoms with Crippen LogP contribution in [0.2, 0.25) is 0 Å². The molecule has 0 atom stereocenters. The zero-order valence-corrected chi connectivity index (χ0v) is 19.2. The van der Waals surface area contributed by atoms with E-state index >= 15 is 0 Å². The van der Waals surface area contributed by atoms with Crippen molar-refractivity contribution in [1.82, 2.24) is 10.6 Å². The molecule has 0 aromatic heterocycles. The molecule has 30 heavy (non-hydrogen) atoms. The summed E-state index contributed by atoms with van der Waals surface area (Å²) in [5, 5.41) is 6.79. The van der Waals surface area contributed by atoms with Gasteiger partial charge in [0.25, 0.3) is 0 Å². The maximum Gasteiger partial charge on any atom is 0.229 e. The second-order valence-corrected chi connectivity index (χ2v) is 9.18. The second kappa shape index (κ2) is 11.0. The van der Waals surface area contributed by atoms with Crippen molar-refractivity contribution in [2.75, 3.05) is 24.1 Å². The second-order valence-electron chi connectivity index (χ2n) is 7.43. The molecule has 2 aromatic rings. The molecular formula is C23H34N4O2S. The van der Waals surface area contributed by atoms with E-state index in [1.807, 2.05) is 25.1 Å². The van der Waals surface area contributed by atoms with Crippen LogP contribution in [0.5, 0.6) is 0 Å². The maximum atomic E-state index is 11.6. The lowest BCUT2D eigenvalue weighted by molar-refractivity contribution is 0.389. The van der Waals surface area contributed by atoms with E-state index in [0.717, 1.165) is 37.8 Å². The van der Waals surface area contributed by atoms with Crippen LogP contribution in [0.1, 0.15) is 44.7 Å². The molecule has 3 N–H and O–H groups in total. The first kappa shape index (κ1) is 23.7. The number of benzene rings is 2. The highest BCUT2D eigenvalue weighted by molar-refractivity contribution is 7.92. The number of guanidine groups is 1. The molecule has 164 valence electrons. The number of sulfonamides is 1. The van der Waals surface area contributed by atoms with Crippen molar-refractivity contribution < 1.29 is 8.42 Å². The minimum absolute atomic E-state index is 0.0210. The van der Waals surface area contributed by atoms with E-state index < -0.39 is 10.0 Å². The van der Waals surface area contributed by atoms with Crippen LogP contribution in [0.15, 0.2) is 59.6 Å². The third-order valence-electron chi connectivity index (χ3n) is 5.40. The quantitative estimate of drug-likeness (QED) is 0.395. The van der Waals surface area contributed by atoms with Crippen LogP contribution in [-0.4, -0.2) is 33.7 Å². The van der Waals surface area contributed by atoms with Gasteiger partial charge in [-0.2, -0.15) is 0 Å². The number of anilines is 1. The summed E-state index contributed by atoms with van der Waals surface area (Å²) in [5.74, 6) is 0.717. The Morgan fingerprint density at radius 2 is 1.57 bits per heavy atom. The van der Waals surface area contributed by atoms with E-state index in [1.165, 1.54) is 5.56 Å². The maximum absolute atomic E-state index is 11.6. The standard InChI is InChI=1S/C23H34N4O2S/c1-5-23(6-2,20-14-9-8-10-15-20)18-26-22(24-7-3)25-17-19-13-11-12-16-21(19)27-30(4,28)29/h8-16,27H,5-7,17-18H2,1-4H3,(H2,24,25,26). The topological polar surface area (TPSA) is 82.6 Å². The molecule has 2 aromatic carbocycles. The Morgan fingerprint density at radius 1 is 0.933 bits per heavy atom. The smallest absolute Gasteiger partial charge is 0.229 e. The summed E-state index contributed by atoms with van der Waals surface area (Å²) in [5.41, 5.74) is 2.72. The molecule has 6 nitrogen and oxygen atoms in total. The van der Waals surface area contributed by atoms with E-state index in [4.69, 9.17) is 4.99 Å². The van der Waals surface area contributed by atoms with Gasteiger partial charge in [0.15, 0.2) is 5.96 Å². The number of rotatable bonds is 10. The minimum atomic E-state index is -3.35. The zero-order valence-electron chi connectivity index (χ0n) is 18.4. The molecule has 0 aliphatic heterocycles. The van der Waals surface area contributed by atoms with Crippen LogP contribution in [0, 0.1) is 0 Å². The molecule has 2 rings (SSSR count). The van der Waals surface area contributed by atoms with Crippen molar-refractivity contribution in [2.45, 2.75) is 45.6 Å². The summed E-state index contributed by atoms with van der Waals surface area (Å²) in [4.78, 5) is 4.70. The molecule has 0 amide bonds. The van der Waals surface area contributed by atoms with E-state index in [-0.39, 0.29) is 5.41 Å². The van der Waals surface area contributed by atoms with Crippen LogP contribution in [0.25, 0.3) is 0 Å². The summed E-state index contributed by atoms with van der Waals surface area (Å²) in [6.45, 7) is 8.33. The lowest BCUT2D eigenvalue weighted by Crippen LogP contribution is -2.45. The largest absolute Gasteiger partial charge is 0.357 e. The van der Waals surface area contributed by atoms with Crippen LogP contribution >= 0.6 is 0 Å². The summed E-state index contributed by atoms with van der Waals surface area (Å²) >= 11 is 0. The SMILES string of the molecule is CCNC(=NCc1ccccc1NS(C)(=O)=O)NCC(CC)(CC)c1ccccc1. The number of hydrogen-bond acceptors (Lipinski definition) is 3. The van der Waals surface area contributed by atoms with Crippen LogP contribution in [0.3, 0.4) is 0 Å². The molecule has 0 spiro atoms. The lowest BCUT2D eigenvalue weighted by atomic mass is 9.76. The molecule has 0 unspecified atom stereocenters. The highest BCUT2D eigenvalue weighted by Gasteiger charge is 2.28. The predicted octanol–water partition coefficient (Wildman–Crippen LogP) is 3.87. The molecule has 0 fully saturated rings. The molecular weight excluding hydrogens is 396 g/mol. The van der Waals surface area contributed by atoms with Crippen molar-refractivity contribution in [3.05, 3.63) is 65.7 Å². The molecule has 0 radical (unpaired) electrons. The van der Waals surface area contributed by atoms with Crippen molar-refractivity contribution in [3.8, 4) is 0 Å². The fourth-order valence-electron chi connectivity index (χ4n) is 3.52. The van der Waals surface area contributed by atoms with Gasteiger partial charge in [0.05, 0.1) is 18.5 Å². The highest BCUT2D eigenvalue weighted by atomic mass is 32.2. The molecule has 0 bridgehead atoms. The van der Waals surface area contributed by atoms with Gasteiger partial charge in [0.1, 0.15) is 0 Å². The average Bonchev–Trinajstić information content (AvgIpc) is 2.73. The van der Waals surface area contributed by atoms with E-state index in [9.17, 15) is 8.42 Å². The predicted molar refractivity (Wildman–Crippen MR) is 126 cm³/mol. The zero-order chi connectivity index (χ0) is 22.0. The van der Waals surface area contributed by atoms with Gasteiger partial charge in [-0.1, -0.05) is 62.4 Å². The fraction of sp³-hybridized carbons (Fsp3) is 0.435. The van der Waals surface area contributed by atoms with E-state index in [2.05, 4.69) is 53.5 Å². The van der Waals surface area contributed by atoms with Crippen molar-refractivity contribution >= 4 is 21.7 Å². The highest BCUT2D eigenvalue weighted by Crippen LogP contribution is 2.30. The first-order valence-electron chi connectivity index (χ1n) is 10.5. The Morgan fingerprint density at radius 3 is 2.17 bits per heavy atom. The van der Waals surface area contributed by atoms with Gasteiger partial charge < -0.3 is 10.6 Å². The van der Waals surface area contributed by atoms with E-state index in [1.54, 1.807) is 12.1 Å². The number of para-hydroxylation sites is 1. The molecule has 7 heteroatoms. The number of aliphatic imine (C=N–C) groups is 1. The first-order valence-corrected chi connectivity index (χ1v) is 12.4. The lowest BCUT2D eigenvalue weighted by Gasteiger charge is -2.33. The average molecular weight is 431 g/mol. The van der Waals surface area contributed by atoms with Crippen LogP contribution in [-0.2, 0) is 22.0 Å². The normalized spacial score (nSPS) is 12.5. The number of nitrogens with one attached hydrogen (secondary N) is 3. The van der Waals surface area contributed by atoms with Gasteiger partial charge in [0.2, 0.25) is 10.0 Å². The molecule has 0 saturated carbocycles. The van der Waals surface area contributed by atoms with Gasteiger partial charge in [-0.3, -0.25) is 4.72 Å². The Kier molecular flexibility index (Phi) is 8.72. The summed E-state index contributed by atoms with van der Waals surface area (Å²) < 4.78 is 25.8. The third-order valence-corrected chi connectivity index (χ3v) is 5.99. The van der Waals surface area contributed by atoms with Crippen molar-refractivity contribution in [3.63, 3.8) is 0 Å². The van der Waals surface area contributed by atoms with Crippen LogP contribution in [0.4, 0.5) is 5.69 Å². The van der Waals surface area contributed by atoms with Gasteiger partial charge in [0, 0.05) is 18.5 Å². The molecule has 0 aliphatic rings. The summed E-state index contributed by atoms with van der Waals surface area (Å²) in [7, 11) is -3.35. The van der Waals surface area contributed by atoms with Crippen molar-refractivity contribution in [2.24, 2.45) is 4.99 Å². The fourth-order valence-corrected chi connectivity index (χ4v) is 4.12. The Hall–Kier alpha value is -2.54. The number of hydrogen-bond donors (Lipinski definition) is 3. The summed E-state index contributed by atoms with van der Waals surface area (Å²) in [6.07, 6.45) is 3.18. The minimum Gasteiger partial charge on any atom is -0.357 e. The number of nitrogens with zero attached hydrogens (tertiary/aromatic N) is 1. The Labute approximate surface area is 181 Å². The molecule has 0 heterocycles. The van der Waals surface area contributed by atoms with Gasteiger partial charge in [-0.25, -0.2) is 13.4 Å². The van der Waals surface area contributed by atoms with Crippen LogP contribution < -0.4 is 15.4 Å². The Balaban J connectivity index is 2.19. The first-order chi connectivity index (χ1) is 14.3. The van der Waals surface area contributed by atoms with Gasteiger partial charge >= 0.3 is 0 Å². The van der Waals surface area contributed by atoms with Gasteiger partial charge in [-0.15, -0.1) is 0 Å². The van der Waals surface area contributed by atoms with Crippen molar-refractivity contribution in [1.29, 1.82) is 0 Å². The Bertz CT molecular complexity index is 923. The van der Waals surface area contributed by atoms with E-state index in [0.29, 0.717) is 18.2 Å². The third kappa shape index (κ3) is 6.76. The van der Waals surface area contributed by atoms with Gasteiger partial charge in [-0.05, 0) is 37.0 Å². The molecule has 0 aliphatic carbocycles. The monoisotopic (exact) mass is 430 g/mol. The summed E-state index contributed by atoms with van der Waals surface area (Å²) in [6, 6.07) is 17.9. The molecule has 0 saturated heterocycles.